The minimum atomic E-state index is -3.84. The Kier molecular flexibility index (Phi) is 6.45. The van der Waals surface area contributed by atoms with Gasteiger partial charge in [-0.25, -0.2) is 0 Å². The Hall–Kier alpha value is -2.62. The molecule has 0 saturated carbocycles. The molecule has 0 unspecified atom stereocenters. The zero-order chi connectivity index (χ0) is 21.8. The number of nitrogens with one attached hydrogen (secondary N) is 1. The van der Waals surface area contributed by atoms with Gasteiger partial charge in [0.05, 0.1) is 18.0 Å². The number of nitrogens with zero attached hydrogens (tertiary/aromatic N) is 2. The Morgan fingerprint density at radius 1 is 0.968 bits per heavy atom. The molecule has 158 valence electrons. The Balaban J connectivity index is 1.57. The van der Waals surface area contributed by atoms with Crippen LogP contribution in [0.3, 0.4) is 0 Å². The van der Waals surface area contributed by atoms with Gasteiger partial charge in [0.1, 0.15) is 4.90 Å². The molecule has 0 aliphatic carbocycles. The van der Waals surface area contributed by atoms with Crippen molar-refractivity contribution in [3.05, 3.63) is 88.9 Å². The fourth-order valence-electron chi connectivity index (χ4n) is 3.09. The van der Waals surface area contributed by atoms with Crippen LogP contribution in [0, 0.1) is 0 Å². The highest BCUT2D eigenvalue weighted by molar-refractivity contribution is 9.10. The molecule has 1 aliphatic heterocycles. The van der Waals surface area contributed by atoms with E-state index in [-0.39, 0.29) is 21.7 Å². The summed E-state index contributed by atoms with van der Waals surface area (Å²) in [6.45, 7) is 0.438. The van der Waals surface area contributed by atoms with Gasteiger partial charge in [-0.2, -0.15) is 8.42 Å². The first kappa shape index (κ1) is 21.6. The van der Waals surface area contributed by atoms with Crippen molar-refractivity contribution in [2.45, 2.75) is 11.4 Å². The summed E-state index contributed by atoms with van der Waals surface area (Å²) in [4.78, 5) is 14.4. The van der Waals surface area contributed by atoms with E-state index in [1.54, 1.807) is 36.4 Å². The van der Waals surface area contributed by atoms with Crippen LogP contribution in [0.5, 0.6) is 0 Å². The van der Waals surface area contributed by atoms with Crippen molar-refractivity contribution in [2.75, 3.05) is 16.0 Å². The fourth-order valence-corrected chi connectivity index (χ4v) is 5.60. The molecule has 31 heavy (non-hydrogen) atoms. The Morgan fingerprint density at radius 3 is 2.39 bits per heavy atom. The predicted octanol–water partition coefficient (Wildman–Crippen LogP) is 4.89. The average molecular weight is 516 g/mol. The highest BCUT2D eigenvalue weighted by Gasteiger charge is 2.31. The average Bonchev–Trinajstić information content (AvgIpc) is 2.77. The molecule has 0 bridgehead atoms. The van der Waals surface area contributed by atoms with Gasteiger partial charge < -0.3 is 10.2 Å². The van der Waals surface area contributed by atoms with Gasteiger partial charge in [0.2, 0.25) is 5.91 Å². The zero-order valence-corrected chi connectivity index (χ0v) is 19.5. The number of benzene rings is 3. The van der Waals surface area contributed by atoms with Crippen LogP contribution in [0.1, 0.15) is 5.56 Å². The van der Waals surface area contributed by atoms with Gasteiger partial charge in [-0.3, -0.25) is 4.79 Å². The molecule has 0 atom stereocenters. The lowest BCUT2D eigenvalue weighted by Gasteiger charge is -2.30. The lowest BCUT2D eigenvalue weighted by atomic mass is 10.2. The number of hydrogen-bond donors (Lipinski definition) is 1. The molecule has 1 aliphatic rings. The molecular weight excluding hydrogens is 498 g/mol. The van der Waals surface area contributed by atoms with Crippen molar-refractivity contribution < 1.29 is 13.2 Å². The summed E-state index contributed by atoms with van der Waals surface area (Å²) in [6.07, 6.45) is 0. The topological polar surface area (TPSA) is 78.8 Å². The minimum Gasteiger partial charge on any atom is -0.325 e. The van der Waals surface area contributed by atoms with E-state index in [0.717, 1.165) is 21.8 Å². The van der Waals surface area contributed by atoms with E-state index in [1.165, 1.54) is 0 Å². The molecule has 6 nitrogen and oxygen atoms in total. The van der Waals surface area contributed by atoms with Crippen molar-refractivity contribution in [3.63, 3.8) is 0 Å². The number of carbonyl (C=O) groups excluding carboxylic acids is 1. The SMILES string of the molecule is O=C(CSC1=NS(=O)(=O)c2ccccc2N1Cc1ccccc1)Nc1ccc(Br)cc1. The number of rotatable bonds is 5. The molecule has 4 rings (SSSR count). The number of amides is 1. The van der Waals surface area contributed by atoms with Gasteiger partial charge in [-0.1, -0.05) is 70.2 Å². The normalized spacial score (nSPS) is 14.5. The van der Waals surface area contributed by atoms with E-state index in [2.05, 4.69) is 25.6 Å². The van der Waals surface area contributed by atoms with Crippen molar-refractivity contribution >= 4 is 60.2 Å². The molecule has 0 spiro atoms. The van der Waals surface area contributed by atoms with E-state index >= 15 is 0 Å². The molecule has 3 aromatic rings. The van der Waals surface area contributed by atoms with E-state index in [0.29, 0.717) is 17.9 Å². The van der Waals surface area contributed by atoms with Crippen LogP contribution < -0.4 is 10.2 Å². The summed E-state index contributed by atoms with van der Waals surface area (Å²) in [5, 5.41) is 3.08. The molecule has 0 aromatic heterocycles. The van der Waals surface area contributed by atoms with Crippen LogP contribution in [-0.2, 0) is 21.4 Å². The summed E-state index contributed by atoms with van der Waals surface area (Å²) < 4.78 is 30.4. The third-order valence-corrected chi connectivity index (χ3v) is 7.44. The Bertz CT molecular complexity index is 1230. The number of halogens is 1. The van der Waals surface area contributed by atoms with Crippen LogP contribution in [0.2, 0.25) is 0 Å². The third-order valence-electron chi connectivity index (χ3n) is 4.51. The number of hydrogen-bond acceptors (Lipinski definition) is 5. The number of carbonyl (C=O) groups is 1. The first-order valence-electron chi connectivity index (χ1n) is 9.36. The third kappa shape index (κ3) is 5.17. The summed E-state index contributed by atoms with van der Waals surface area (Å²) in [6, 6.07) is 23.7. The van der Waals surface area contributed by atoms with Crippen LogP contribution in [0.4, 0.5) is 11.4 Å². The fraction of sp³-hybridized carbons (Fsp3) is 0.0909. The van der Waals surface area contributed by atoms with E-state index < -0.39 is 10.0 Å². The predicted molar refractivity (Wildman–Crippen MR) is 129 cm³/mol. The Morgan fingerprint density at radius 2 is 1.65 bits per heavy atom. The molecule has 3 aromatic carbocycles. The van der Waals surface area contributed by atoms with Crippen molar-refractivity contribution in [1.82, 2.24) is 0 Å². The molecule has 0 fully saturated rings. The number of sulfonamides is 1. The number of thioether (sulfide) groups is 1. The maximum absolute atomic E-state index is 12.7. The smallest absolute Gasteiger partial charge is 0.286 e. The minimum absolute atomic E-state index is 0.0257. The van der Waals surface area contributed by atoms with Crippen LogP contribution in [0.25, 0.3) is 0 Å². The lowest BCUT2D eigenvalue weighted by Crippen LogP contribution is -2.34. The summed E-state index contributed by atoms with van der Waals surface area (Å²) >= 11 is 4.45. The molecule has 1 heterocycles. The molecule has 0 saturated heterocycles. The van der Waals surface area contributed by atoms with E-state index in [1.807, 2.05) is 47.4 Å². The van der Waals surface area contributed by atoms with Gasteiger partial charge >= 0.3 is 0 Å². The van der Waals surface area contributed by atoms with Crippen LogP contribution >= 0.6 is 27.7 Å². The van der Waals surface area contributed by atoms with Gasteiger partial charge in [-0.05, 0) is 42.0 Å². The highest BCUT2D eigenvalue weighted by atomic mass is 79.9. The monoisotopic (exact) mass is 515 g/mol. The summed E-state index contributed by atoms with van der Waals surface area (Å²) in [5.74, 6) is -0.219. The van der Waals surface area contributed by atoms with E-state index in [4.69, 9.17) is 0 Å². The highest BCUT2D eigenvalue weighted by Crippen LogP contribution is 2.35. The number of fused-ring (bicyclic) bond motifs is 1. The second-order valence-corrected chi connectivity index (χ2v) is 10.2. The second kappa shape index (κ2) is 9.25. The first-order chi connectivity index (χ1) is 14.9. The quantitative estimate of drug-likeness (QED) is 0.523. The molecule has 1 amide bonds. The van der Waals surface area contributed by atoms with Crippen LogP contribution in [0.15, 0.2) is 92.6 Å². The van der Waals surface area contributed by atoms with Gasteiger partial charge in [-0.15, -0.1) is 4.40 Å². The van der Waals surface area contributed by atoms with Crippen molar-refractivity contribution in [3.8, 4) is 0 Å². The largest absolute Gasteiger partial charge is 0.325 e. The molecule has 9 heteroatoms. The Labute approximate surface area is 193 Å². The first-order valence-corrected chi connectivity index (χ1v) is 12.6. The summed E-state index contributed by atoms with van der Waals surface area (Å²) in [5.41, 5.74) is 2.22. The molecular formula is C22H18BrN3O3S2. The zero-order valence-electron chi connectivity index (χ0n) is 16.2. The van der Waals surface area contributed by atoms with Crippen LogP contribution in [-0.4, -0.2) is 25.2 Å². The van der Waals surface area contributed by atoms with Crippen molar-refractivity contribution in [1.29, 1.82) is 0 Å². The maximum atomic E-state index is 12.7. The standard InChI is InChI=1S/C22H18BrN3O3S2/c23-17-10-12-18(13-11-17)24-21(27)15-30-22-25-31(28,29)20-9-5-4-8-19(20)26(22)14-16-6-2-1-3-7-16/h1-13H,14-15H2,(H,24,27). The second-order valence-electron chi connectivity index (χ2n) is 6.73. The van der Waals surface area contributed by atoms with Crippen molar-refractivity contribution in [2.24, 2.45) is 4.40 Å². The van der Waals surface area contributed by atoms with Gasteiger partial charge in [0.25, 0.3) is 10.0 Å². The summed E-state index contributed by atoms with van der Waals surface area (Å²) in [7, 11) is -3.84. The molecule has 0 radical (unpaired) electrons. The molecule has 1 N–H and O–H groups in total. The number of anilines is 2. The lowest BCUT2D eigenvalue weighted by molar-refractivity contribution is -0.113. The number of amidine groups is 1. The van der Waals surface area contributed by atoms with Gasteiger partial charge in [0, 0.05) is 10.2 Å². The number of para-hydroxylation sites is 1. The maximum Gasteiger partial charge on any atom is 0.286 e. The van der Waals surface area contributed by atoms with Gasteiger partial charge in [0.15, 0.2) is 5.17 Å². The van der Waals surface area contributed by atoms with E-state index in [9.17, 15) is 13.2 Å².